The first-order valence-electron chi connectivity index (χ1n) is 12.3. The van der Waals surface area contributed by atoms with E-state index < -0.39 is 43.6 Å². The van der Waals surface area contributed by atoms with Gasteiger partial charge in [0.2, 0.25) is 5.91 Å². The molecule has 2 aromatic carbocycles. The van der Waals surface area contributed by atoms with Crippen molar-refractivity contribution in [2.75, 3.05) is 26.3 Å². The molecule has 3 aliphatic heterocycles. The fourth-order valence-electron chi connectivity index (χ4n) is 5.44. The van der Waals surface area contributed by atoms with Gasteiger partial charge in [-0.1, -0.05) is 30.3 Å². The third kappa shape index (κ3) is 4.67. The standard InChI is InChI=1S/C26H31F2N3O4S/c1-16-23(36(33,34)24(13-29-16)17-5-3-2-4-6-17)10-18-9-22(28)20(11-21(18)27)26(14-35-15-26)30-12-19-7-8-25(32)31-19/h2-6,9,11,16,19,23-24,29-30H,7-8,10,12-15H2,1H3,(H,31,32)/t16-,19-,23?,24-/m0/s1. The van der Waals surface area contributed by atoms with Gasteiger partial charge in [-0.05, 0) is 43.0 Å². The Balaban J connectivity index is 1.37. The second kappa shape index (κ2) is 9.81. The first kappa shape index (κ1) is 25.3. The van der Waals surface area contributed by atoms with Gasteiger partial charge in [-0.25, -0.2) is 17.2 Å². The number of nitrogens with one attached hydrogen (secondary N) is 3. The molecule has 0 aliphatic carbocycles. The van der Waals surface area contributed by atoms with Gasteiger partial charge in [0.15, 0.2) is 9.84 Å². The summed E-state index contributed by atoms with van der Waals surface area (Å²) in [4.78, 5) is 11.5. The van der Waals surface area contributed by atoms with Gasteiger partial charge in [0.1, 0.15) is 11.6 Å². The topological polar surface area (TPSA) is 96.5 Å². The van der Waals surface area contributed by atoms with E-state index >= 15 is 8.78 Å². The number of ether oxygens (including phenoxy) is 1. The molecular weight excluding hydrogens is 488 g/mol. The lowest BCUT2D eigenvalue weighted by Crippen LogP contribution is -2.60. The van der Waals surface area contributed by atoms with Gasteiger partial charge in [0.05, 0.1) is 29.3 Å². The minimum atomic E-state index is -3.67. The normalized spacial score (nSPS) is 28.9. The molecule has 10 heteroatoms. The van der Waals surface area contributed by atoms with E-state index in [4.69, 9.17) is 4.74 Å². The molecule has 4 atom stereocenters. The summed E-state index contributed by atoms with van der Waals surface area (Å²) in [5.41, 5.74) is -0.0221. The number of hydrogen-bond acceptors (Lipinski definition) is 6. The van der Waals surface area contributed by atoms with E-state index in [9.17, 15) is 13.2 Å². The molecule has 3 saturated heterocycles. The summed E-state index contributed by atoms with van der Waals surface area (Å²) >= 11 is 0. The quantitative estimate of drug-likeness (QED) is 0.519. The number of hydrogen-bond donors (Lipinski definition) is 3. The van der Waals surface area contributed by atoms with Crippen LogP contribution in [0.5, 0.6) is 0 Å². The Morgan fingerprint density at radius 2 is 1.89 bits per heavy atom. The Kier molecular flexibility index (Phi) is 6.88. The van der Waals surface area contributed by atoms with Crippen LogP contribution in [0.15, 0.2) is 42.5 Å². The Morgan fingerprint density at radius 3 is 2.53 bits per heavy atom. The largest absolute Gasteiger partial charge is 0.377 e. The highest BCUT2D eigenvalue weighted by molar-refractivity contribution is 7.92. The summed E-state index contributed by atoms with van der Waals surface area (Å²) in [5.74, 6) is -1.26. The Bertz CT molecular complexity index is 1240. The molecule has 3 fully saturated rings. The van der Waals surface area contributed by atoms with Crippen molar-refractivity contribution in [3.05, 3.63) is 70.8 Å². The van der Waals surface area contributed by atoms with Gasteiger partial charge >= 0.3 is 0 Å². The van der Waals surface area contributed by atoms with Crippen molar-refractivity contribution in [2.45, 2.75) is 54.3 Å². The average Bonchev–Trinajstić information content (AvgIpc) is 3.24. The second-order valence-electron chi connectivity index (χ2n) is 10.1. The third-order valence-corrected chi connectivity index (χ3v) is 10.4. The number of halogens is 2. The molecule has 5 rings (SSSR count). The number of amides is 1. The molecule has 3 heterocycles. The Morgan fingerprint density at radius 1 is 1.14 bits per heavy atom. The second-order valence-corrected chi connectivity index (χ2v) is 12.5. The van der Waals surface area contributed by atoms with Crippen LogP contribution in [0.25, 0.3) is 0 Å². The molecule has 1 unspecified atom stereocenters. The van der Waals surface area contributed by atoms with Crippen LogP contribution < -0.4 is 16.0 Å². The van der Waals surface area contributed by atoms with Crippen molar-refractivity contribution in [1.82, 2.24) is 16.0 Å². The molecule has 194 valence electrons. The van der Waals surface area contributed by atoms with E-state index in [1.54, 1.807) is 31.2 Å². The summed E-state index contributed by atoms with van der Waals surface area (Å²) in [6, 6.07) is 10.8. The van der Waals surface area contributed by atoms with E-state index in [1.165, 1.54) is 0 Å². The molecule has 0 radical (unpaired) electrons. The van der Waals surface area contributed by atoms with Crippen molar-refractivity contribution in [3.8, 4) is 0 Å². The average molecular weight is 520 g/mol. The molecule has 2 aromatic rings. The molecular formula is C26H31F2N3O4S. The highest BCUT2D eigenvalue weighted by Gasteiger charge is 2.45. The molecule has 1 amide bonds. The van der Waals surface area contributed by atoms with Gasteiger partial charge in [-0.15, -0.1) is 0 Å². The molecule has 3 aliphatic rings. The zero-order chi connectivity index (χ0) is 25.5. The first-order valence-corrected chi connectivity index (χ1v) is 13.9. The zero-order valence-electron chi connectivity index (χ0n) is 20.1. The summed E-state index contributed by atoms with van der Waals surface area (Å²) < 4.78 is 63.2. The predicted molar refractivity (Wildman–Crippen MR) is 131 cm³/mol. The summed E-state index contributed by atoms with van der Waals surface area (Å²) in [5, 5.41) is 7.72. The summed E-state index contributed by atoms with van der Waals surface area (Å²) in [6.07, 6.45) is 1.01. The van der Waals surface area contributed by atoms with E-state index in [0.717, 1.165) is 12.1 Å². The maximum atomic E-state index is 15.4. The van der Waals surface area contributed by atoms with Crippen molar-refractivity contribution < 1.29 is 26.7 Å². The van der Waals surface area contributed by atoms with Crippen molar-refractivity contribution in [2.24, 2.45) is 0 Å². The maximum absolute atomic E-state index is 15.4. The van der Waals surface area contributed by atoms with Gasteiger partial charge in [-0.2, -0.15) is 0 Å². The number of sulfone groups is 1. The molecule has 36 heavy (non-hydrogen) atoms. The van der Waals surface area contributed by atoms with E-state index in [0.29, 0.717) is 24.9 Å². The van der Waals surface area contributed by atoms with Crippen LogP contribution in [0.2, 0.25) is 0 Å². The van der Waals surface area contributed by atoms with E-state index in [1.807, 2.05) is 6.07 Å². The van der Waals surface area contributed by atoms with Gasteiger partial charge in [-0.3, -0.25) is 4.79 Å². The van der Waals surface area contributed by atoms with Crippen LogP contribution in [-0.2, 0) is 31.3 Å². The Labute approximate surface area is 209 Å². The molecule has 0 saturated carbocycles. The lowest BCUT2D eigenvalue weighted by atomic mass is 9.86. The monoisotopic (exact) mass is 519 g/mol. The SMILES string of the molecule is C[C@@H]1NC[C@@H](c2ccccc2)S(=O)(=O)C1Cc1cc(F)c(C2(NC[C@@H]3CCC(=O)N3)COC2)cc1F. The van der Waals surface area contributed by atoms with Crippen LogP contribution in [0.4, 0.5) is 8.78 Å². The van der Waals surface area contributed by atoms with Crippen LogP contribution in [-0.4, -0.2) is 58.0 Å². The Hall–Kier alpha value is -2.40. The van der Waals surface area contributed by atoms with Crippen LogP contribution >= 0.6 is 0 Å². The van der Waals surface area contributed by atoms with E-state index in [-0.39, 0.29) is 49.3 Å². The lowest BCUT2D eigenvalue weighted by molar-refractivity contribution is -0.119. The third-order valence-electron chi connectivity index (χ3n) is 7.71. The van der Waals surface area contributed by atoms with Crippen molar-refractivity contribution in [3.63, 3.8) is 0 Å². The maximum Gasteiger partial charge on any atom is 0.220 e. The lowest BCUT2D eigenvalue weighted by Gasteiger charge is -2.43. The summed E-state index contributed by atoms with van der Waals surface area (Å²) in [6.45, 7) is 2.82. The number of benzene rings is 2. The molecule has 7 nitrogen and oxygen atoms in total. The number of rotatable bonds is 7. The molecule has 3 N–H and O–H groups in total. The van der Waals surface area contributed by atoms with Crippen LogP contribution in [0.3, 0.4) is 0 Å². The zero-order valence-corrected chi connectivity index (χ0v) is 20.9. The minimum Gasteiger partial charge on any atom is -0.377 e. The fourth-order valence-corrected chi connectivity index (χ4v) is 7.80. The highest BCUT2D eigenvalue weighted by atomic mass is 32.2. The predicted octanol–water partition coefficient (Wildman–Crippen LogP) is 2.12. The van der Waals surface area contributed by atoms with Gasteiger partial charge in [0.25, 0.3) is 0 Å². The smallest absolute Gasteiger partial charge is 0.220 e. The minimum absolute atomic E-state index is 0.0156. The summed E-state index contributed by atoms with van der Waals surface area (Å²) in [7, 11) is -3.67. The van der Waals surface area contributed by atoms with Crippen LogP contribution in [0, 0.1) is 11.6 Å². The molecule has 0 spiro atoms. The van der Waals surface area contributed by atoms with Crippen molar-refractivity contribution >= 4 is 15.7 Å². The van der Waals surface area contributed by atoms with Gasteiger partial charge < -0.3 is 20.7 Å². The first-order chi connectivity index (χ1) is 17.2. The number of carbonyl (C=O) groups excluding carboxylic acids is 1. The fraction of sp³-hybridized carbons (Fsp3) is 0.500. The highest BCUT2D eigenvalue weighted by Crippen LogP contribution is 2.36. The molecule has 0 aromatic heterocycles. The van der Waals surface area contributed by atoms with E-state index in [2.05, 4.69) is 16.0 Å². The van der Waals surface area contributed by atoms with Gasteiger partial charge in [0, 0.05) is 37.2 Å². The molecule has 0 bridgehead atoms. The number of carbonyl (C=O) groups is 1. The van der Waals surface area contributed by atoms with Crippen LogP contribution in [0.1, 0.15) is 41.7 Å². The van der Waals surface area contributed by atoms with Crippen molar-refractivity contribution in [1.29, 1.82) is 0 Å².